The number of rotatable bonds is 20. The largest absolute Gasteiger partial charge is 0.390 e. The molecule has 5 N–H and O–H groups in total. The summed E-state index contributed by atoms with van der Waals surface area (Å²) in [6.45, 7) is 32.5. The molecular formula is C74H131N13O15. The first-order valence-electron chi connectivity index (χ1n) is 37.1. The molecule has 0 aromatic rings. The van der Waals surface area contributed by atoms with Crippen LogP contribution in [0.1, 0.15) is 169 Å². The Morgan fingerprint density at radius 3 is 1.52 bits per heavy atom. The van der Waals surface area contributed by atoms with Crippen LogP contribution in [-0.2, 0) is 67.0 Å². The Morgan fingerprint density at radius 1 is 0.529 bits per heavy atom. The minimum Gasteiger partial charge on any atom is -0.390 e. The molecule has 3 fully saturated rings. The predicted octanol–water partition coefficient (Wildman–Crippen LogP) is 2.98. The third-order valence-corrected chi connectivity index (χ3v) is 20.5. The average molecular weight is 1440 g/mol. The highest BCUT2D eigenvalue weighted by Gasteiger charge is 2.47. The van der Waals surface area contributed by atoms with Crippen molar-refractivity contribution in [3.8, 4) is 0 Å². The highest BCUT2D eigenvalue weighted by atomic mass is 16.5. The molecule has 0 saturated carbocycles. The first kappa shape index (κ1) is 89.4. The van der Waals surface area contributed by atoms with Crippen molar-refractivity contribution in [2.24, 2.45) is 41.4 Å². The summed E-state index contributed by atoms with van der Waals surface area (Å²) in [5.74, 6) is -11.5. The van der Waals surface area contributed by atoms with Gasteiger partial charge in [-0.05, 0) is 108 Å². The predicted molar refractivity (Wildman–Crippen MR) is 390 cm³/mol. The molecule has 0 spiro atoms. The molecule has 14 atom stereocenters. The van der Waals surface area contributed by atoms with E-state index >= 15 is 38.4 Å². The molecule has 0 radical (unpaired) electrons. The van der Waals surface area contributed by atoms with E-state index in [0.29, 0.717) is 51.9 Å². The number of piperazine rings is 1. The van der Waals surface area contributed by atoms with Gasteiger partial charge in [0.25, 0.3) is 0 Å². The fourth-order valence-electron chi connectivity index (χ4n) is 13.9. The van der Waals surface area contributed by atoms with Gasteiger partial charge in [-0.25, -0.2) is 0 Å². The van der Waals surface area contributed by atoms with E-state index in [0.717, 1.165) is 27.5 Å². The Balaban J connectivity index is 2.31. The molecule has 3 saturated heterocycles. The van der Waals surface area contributed by atoms with Crippen LogP contribution in [0.3, 0.4) is 0 Å². The number of nitrogens with zero attached hydrogens (tertiary/aromatic N) is 9. The summed E-state index contributed by atoms with van der Waals surface area (Å²) >= 11 is 0. The van der Waals surface area contributed by atoms with Gasteiger partial charge >= 0.3 is 0 Å². The molecule has 3 aliphatic heterocycles. The SMILES string of the molecule is C/C=C/C[C@@H](C)[C@@H](O)[C@H]1C(=O)N[C@@H](CCC)C(=O)N(C)[C@H](C)C(=O)N(C)[C@@H]([C@H](C)COCC(=O)N2CCN(C3CCOCC3)CC2)C(=O)N[C@@H](C(C)C)C(=O)N(C)[C@@H](CC(C)C)C(=O)N[C@@H](C)C(=O)N[C@H](C)C(=O)N(C)[C@@H](CC(C)C)C(=O)N(C)[C@@H](CC(C)C)C(=O)N(C)[C@@H](C(C)C)C(=O)N1C. The first-order valence-corrected chi connectivity index (χ1v) is 37.1. The fraction of sp³-hybridized carbons (Fsp3) is 0.811. The quantitative estimate of drug-likeness (QED) is 0.109. The number of hydrogen-bond acceptors (Lipinski definition) is 16. The minimum atomic E-state index is -1.66. The summed E-state index contributed by atoms with van der Waals surface area (Å²) < 4.78 is 11.7. The standard InChI is InChI=1S/C74H131N13O15/c1-25-27-29-48(13)63(89)62-67(93)77-54(28-26-2)70(96)79(18)52(17)69(95)84(23)61(49(14)41-102-42-58(88)87-34-32-86(33-35-87)53-30-36-101-37-31-53)66(92)78-59(46(9)10)73(99)80(19)55(38-43(3)4)65(91)75-50(15)64(90)76-51(16)68(94)81(20)56(39-44(5)6)71(97)82(21)57(40-45(7)8)72(98)83(22)60(47(11)12)74(100)85(62)24/h25,27,43-57,59-63,89H,26,28-42H2,1-24H3,(H,75,91)(H,76,90)(H,77,93)(H,78,92)/b27-25+/t48-,49-,50+,51-,52-,54+,55+,56+,57+,59+,60+,61+,62+,63-/m1/s1. The number of likely N-dealkylation sites (N-methyl/N-ethyl adjacent to an activating group) is 7. The second kappa shape index (κ2) is 41.6. The van der Waals surface area contributed by atoms with E-state index < -0.39 is 161 Å². The van der Waals surface area contributed by atoms with Crippen LogP contribution < -0.4 is 21.3 Å². The smallest absolute Gasteiger partial charge is 0.248 e. The third-order valence-electron chi connectivity index (χ3n) is 20.5. The second-order valence-electron chi connectivity index (χ2n) is 30.9. The summed E-state index contributed by atoms with van der Waals surface area (Å²) in [7, 11) is 9.85. The molecule has 0 aromatic heterocycles. The maximum absolute atomic E-state index is 15.4. The van der Waals surface area contributed by atoms with Gasteiger partial charge in [0.2, 0.25) is 70.9 Å². The van der Waals surface area contributed by atoms with E-state index in [1.54, 1.807) is 72.4 Å². The van der Waals surface area contributed by atoms with Gasteiger partial charge in [-0.1, -0.05) is 109 Å². The molecule has 582 valence electrons. The number of carbonyl (C=O) groups is 12. The summed E-state index contributed by atoms with van der Waals surface area (Å²) in [6, 6.07) is -14.1. The van der Waals surface area contributed by atoms with Crippen LogP contribution in [0.15, 0.2) is 12.2 Å². The van der Waals surface area contributed by atoms with Crippen molar-refractivity contribution in [2.75, 3.05) is 102 Å². The zero-order valence-corrected chi connectivity index (χ0v) is 66.2. The number of nitrogens with one attached hydrogen (secondary N) is 4. The van der Waals surface area contributed by atoms with Crippen molar-refractivity contribution >= 4 is 70.9 Å². The number of carbonyl (C=O) groups excluding carboxylic acids is 12. The topological polar surface area (TPSA) is 321 Å². The highest BCUT2D eigenvalue weighted by molar-refractivity contribution is 6.00. The van der Waals surface area contributed by atoms with E-state index in [-0.39, 0.29) is 69.0 Å². The molecule has 12 amide bonds. The Labute approximate surface area is 609 Å². The van der Waals surface area contributed by atoms with E-state index in [4.69, 9.17) is 9.47 Å². The van der Waals surface area contributed by atoms with Crippen LogP contribution in [0, 0.1) is 41.4 Å². The number of aliphatic hydroxyl groups is 1. The van der Waals surface area contributed by atoms with E-state index in [2.05, 4.69) is 26.2 Å². The van der Waals surface area contributed by atoms with Gasteiger partial charge in [0, 0.05) is 101 Å². The monoisotopic (exact) mass is 1440 g/mol. The van der Waals surface area contributed by atoms with Gasteiger partial charge in [-0.15, -0.1) is 0 Å². The van der Waals surface area contributed by atoms with Gasteiger partial charge in [-0.3, -0.25) is 62.4 Å². The Hall–Kier alpha value is -6.78. The van der Waals surface area contributed by atoms with Crippen LogP contribution in [0.25, 0.3) is 0 Å². The first-order chi connectivity index (χ1) is 47.6. The summed E-state index contributed by atoms with van der Waals surface area (Å²) in [4.78, 5) is 191. The van der Waals surface area contributed by atoms with Crippen molar-refractivity contribution in [3.05, 3.63) is 12.2 Å². The van der Waals surface area contributed by atoms with Crippen molar-refractivity contribution < 1.29 is 72.1 Å². The normalized spacial score (nSPS) is 27.6. The van der Waals surface area contributed by atoms with E-state index in [1.165, 1.54) is 89.7 Å². The van der Waals surface area contributed by atoms with Crippen LogP contribution in [0.2, 0.25) is 0 Å². The van der Waals surface area contributed by atoms with Crippen molar-refractivity contribution in [1.29, 1.82) is 0 Å². The van der Waals surface area contributed by atoms with Crippen molar-refractivity contribution in [1.82, 2.24) is 65.4 Å². The number of aliphatic hydroxyl groups excluding tert-OH is 1. The van der Waals surface area contributed by atoms with E-state index in [1.807, 2.05) is 41.5 Å². The van der Waals surface area contributed by atoms with Crippen LogP contribution >= 0.6 is 0 Å². The Bertz CT molecular complexity index is 2840. The lowest BCUT2D eigenvalue weighted by atomic mass is 9.91. The summed E-state index contributed by atoms with van der Waals surface area (Å²) in [5, 5.41) is 23.5. The lowest BCUT2D eigenvalue weighted by Crippen LogP contribution is -2.64. The van der Waals surface area contributed by atoms with Crippen LogP contribution in [0.5, 0.6) is 0 Å². The van der Waals surface area contributed by atoms with Gasteiger partial charge < -0.3 is 75.0 Å². The third kappa shape index (κ3) is 24.4. The zero-order chi connectivity index (χ0) is 77.6. The number of ether oxygens (including phenoxy) is 2. The van der Waals surface area contributed by atoms with Crippen LogP contribution in [0.4, 0.5) is 0 Å². The zero-order valence-electron chi connectivity index (χ0n) is 66.2. The molecule has 3 aliphatic rings. The molecule has 0 aromatic carbocycles. The van der Waals surface area contributed by atoms with Crippen molar-refractivity contribution in [3.63, 3.8) is 0 Å². The van der Waals surface area contributed by atoms with E-state index in [9.17, 15) is 24.3 Å². The van der Waals surface area contributed by atoms with Crippen LogP contribution in [-0.4, -0.2) is 301 Å². The molecule has 0 bridgehead atoms. The highest BCUT2D eigenvalue weighted by Crippen LogP contribution is 2.27. The number of allylic oxidation sites excluding steroid dienone is 2. The Kier molecular flexibility index (Phi) is 36.5. The maximum Gasteiger partial charge on any atom is 0.248 e. The van der Waals surface area contributed by atoms with Gasteiger partial charge in [-0.2, -0.15) is 0 Å². The number of hydrogen-bond donors (Lipinski definition) is 5. The summed E-state index contributed by atoms with van der Waals surface area (Å²) in [5.41, 5.74) is 0. The van der Waals surface area contributed by atoms with Gasteiger partial charge in [0.1, 0.15) is 73.1 Å². The van der Waals surface area contributed by atoms with Crippen molar-refractivity contribution in [2.45, 2.75) is 248 Å². The average Bonchev–Trinajstić information content (AvgIpc) is 0.803. The fourth-order valence-corrected chi connectivity index (χ4v) is 13.9. The molecule has 0 unspecified atom stereocenters. The lowest BCUT2D eigenvalue weighted by Gasteiger charge is -2.41. The van der Waals surface area contributed by atoms with Gasteiger partial charge in [0.05, 0.1) is 12.7 Å². The second-order valence-corrected chi connectivity index (χ2v) is 30.9. The molecule has 28 nitrogen and oxygen atoms in total. The van der Waals surface area contributed by atoms with Gasteiger partial charge in [0.15, 0.2) is 0 Å². The molecular weight excluding hydrogens is 1310 g/mol. The molecule has 0 aliphatic carbocycles. The molecule has 102 heavy (non-hydrogen) atoms. The molecule has 3 heterocycles. The maximum atomic E-state index is 15.4. The lowest BCUT2D eigenvalue weighted by molar-refractivity contribution is -0.157. The molecule has 3 rings (SSSR count). The number of amides is 12. The minimum absolute atomic E-state index is 0.0349. The molecule has 28 heteroatoms. The Morgan fingerprint density at radius 2 is 1.01 bits per heavy atom. The summed E-state index contributed by atoms with van der Waals surface area (Å²) in [6.07, 6.45) is 4.91.